The Bertz CT molecular complexity index is 940. The first-order valence-electron chi connectivity index (χ1n) is 10.4. The van der Waals surface area contributed by atoms with Gasteiger partial charge in [0.2, 0.25) is 5.91 Å². The summed E-state index contributed by atoms with van der Waals surface area (Å²) in [5, 5.41) is 8.56. The number of anilines is 1. The standard InChI is InChI=1S/C23H26F3N3O3/c1-32-17-7-5-16(6-8-17)22(31)18-3-2-4-19(21(18)23(24,25)26)28-14-20(30)29-13-15-9-11-27-12-10-15/h2-8,15,27-28H,9-14H2,1H3,(H,29,30). The molecule has 6 nitrogen and oxygen atoms in total. The van der Waals surface area contributed by atoms with Gasteiger partial charge in [0, 0.05) is 23.4 Å². The van der Waals surface area contributed by atoms with E-state index in [2.05, 4.69) is 16.0 Å². The van der Waals surface area contributed by atoms with E-state index in [0.29, 0.717) is 18.2 Å². The average Bonchev–Trinajstić information content (AvgIpc) is 2.80. The lowest BCUT2D eigenvalue weighted by Crippen LogP contribution is -2.38. The van der Waals surface area contributed by atoms with Crippen LogP contribution in [0.1, 0.15) is 34.3 Å². The van der Waals surface area contributed by atoms with Gasteiger partial charge in [-0.1, -0.05) is 12.1 Å². The number of hydrogen-bond acceptors (Lipinski definition) is 5. The van der Waals surface area contributed by atoms with Crippen LogP contribution in [-0.4, -0.2) is 45.0 Å². The number of hydrogen-bond donors (Lipinski definition) is 3. The number of methoxy groups -OCH3 is 1. The lowest BCUT2D eigenvalue weighted by atomic mass is 9.96. The summed E-state index contributed by atoms with van der Waals surface area (Å²) < 4.78 is 46.7. The third-order valence-corrected chi connectivity index (χ3v) is 5.43. The van der Waals surface area contributed by atoms with Crippen molar-refractivity contribution in [2.75, 3.05) is 38.6 Å². The largest absolute Gasteiger partial charge is 0.497 e. The summed E-state index contributed by atoms with van der Waals surface area (Å²) in [5.41, 5.74) is -1.78. The van der Waals surface area contributed by atoms with Gasteiger partial charge in [-0.3, -0.25) is 9.59 Å². The van der Waals surface area contributed by atoms with E-state index in [9.17, 15) is 22.8 Å². The average molecular weight is 449 g/mol. The Morgan fingerprint density at radius 2 is 1.78 bits per heavy atom. The number of piperidine rings is 1. The quantitative estimate of drug-likeness (QED) is 0.538. The van der Waals surface area contributed by atoms with Crippen LogP contribution in [0.2, 0.25) is 0 Å². The summed E-state index contributed by atoms with van der Waals surface area (Å²) in [4.78, 5) is 25.0. The predicted octanol–water partition coefficient (Wildman–Crippen LogP) is 3.47. The molecule has 1 aliphatic heterocycles. The van der Waals surface area contributed by atoms with Crippen molar-refractivity contribution >= 4 is 17.4 Å². The molecule has 0 atom stereocenters. The van der Waals surface area contributed by atoms with Gasteiger partial charge < -0.3 is 20.7 Å². The topological polar surface area (TPSA) is 79.5 Å². The minimum absolute atomic E-state index is 0.105. The molecule has 1 fully saturated rings. The zero-order valence-electron chi connectivity index (χ0n) is 17.7. The van der Waals surface area contributed by atoms with Crippen LogP contribution in [-0.2, 0) is 11.0 Å². The first-order valence-corrected chi connectivity index (χ1v) is 10.4. The molecule has 1 heterocycles. The van der Waals surface area contributed by atoms with Crippen molar-refractivity contribution in [2.45, 2.75) is 19.0 Å². The zero-order valence-corrected chi connectivity index (χ0v) is 17.7. The van der Waals surface area contributed by atoms with Gasteiger partial charge in [0.25, 0.3) is 0 Å². The molecule has 0 aliphatic carbocycles. The van der Waals surface area contributed by atoms with Crippen molar-refractivity contribution < 1.29 is 27.5 Å². The molecule has 1 amide bonds. The molecular formula is C23H26F3N3O3. The molecule has 0 unspecified atom stereocenters. The van der Waals surface area contributed by atoms with E-state index in [1.54, 1.807) is 0 Å². The summed E-state index contributed by atoms with van der Waals surface area (Å²) in [5.74, 6) is -0.317. The zero-order chi connectivity index (χ0) is 23.1. The second kappa shape index (κ2) is 10.5. The van der Waals surface area contributed by atoms with E-state index in [1.807, 2.05) is 0 Å². The van der Waals surface area contributed by atoms with Gasteiger partial charge in [-0.05, 0) is 62.2 Å². The predicted molar refractivity (Wildman–Crippen MR) is 115 cm³/mol. The van der Waals surface area contributed by atoms with Crippen LogP contribution >= 0.6 is 0 Å². The lowest BCUT2D eigenvalue weighted by molar-refractivity contribution is -0.137. The van der Waals surface area contributed by atoms with Crippen molar-refractivity contribution in [3.05, 3.63) is 59.2 Å². The minimum atomic E-state index is -4.79. The van der Waals surface area contributed by atoms with Gasteiger partial charge in [-0.15, -0.1) is 0 Å². The highest BCUT2D eigenvalue weighted by atomic mass is 19.4. The maximum atomic E-state index is 13.9. The molecule has 3 N–H and O–H groups in total. The SMILES string of the molecule is COc1ccc(C(=O)c2cccc(NCC(=O)NCC3CCNCC3)c2C(F)(F)F)cc1. The van der Waals surface area contributed by atoms with Crippen molar-refractivity contribution in [3.8, 4) is 5.75 Å². The number of nitrogens with one attached hydrogen (secondary N) is 3. The molecule has 0 bridgehead atoms. The fourth-order valence-electron chi connectivity index (χ4n) is 3.67. The van der Waals surface area contributed by atoms with Crippen LogP contribution in [0, 0.1) is 5.92 Å². The summed E-state index contributed by atoms with van der Waals surface area (Å²) >= 11 is 0. The Kier molecular flexibility index (Phi) is 7.74. The van der Waals surface area contributed by atoms with Gasteiger partial charge in [0.05, 0.1) is 19.2 Å². The van der Waals surface area contributed by atoms with Crippen LogP contribution in [0.5, 0.6) is 5.75 Å². The Morgan fingerprint density at radius 1 is 1.09 bits per heavy atom. The van der Waals surface area contributed by atoms with E-state index < -0.39 is 29.0 Å². The number of alkyl halides is 3. The van der Waals surface area contributed by atoms with Crippen LogP contribution in [0.25, 0.3) is 0 Å². The second-order valence-electron chi connectivity index (χ2n) is 7.63. The third kappa shape index (κ3) is 6.00. The molecule has 0 aromatic heterocycles. The summed E-state index contributed by atoms with van der Waals surface area (Å²) in [6, 6.07) is 9.56. The molecule has 3 rings (SSSR count). The van der Waals surface area contributed by atoms with Gasteiger partial charge in [0.1, 0.15) is 5.75 Å². The van der Waals surface area contributed by atoms with E-state index in [4.69, 9.17) is 4.74 Å². The number of rotatable bonds is 8. The van der Waals surface area contributed by atoms with Crippen LogP contribution in [0.4, 0.5) is 18.9 Å². The summed E-state index contributed by atoms with van der Waals surface area (Å²) in [6.45, 7) is 1.95. The fraction of sp³-hybridized carbons (Fsp3) is 0.391. The van der Waals surface area contributed by atoms with Crippen molar-refractivity contribution in [1.29, 1.82) is 0 Å². The number of ketones is 1. The van der Waals surface area contributed by atoms with E-state index in [0.717, 1.165) is 32.0 Å². The van der Waals surface area contributed by atoms with Gasteiger partial charge >= 0.3 is 6.18 Å². The smallest absolute Gasteiger partial charge is 0.419 e. The molecule has 172 valence electrons. The number of ether oxygens (including phenoxy) is 1. The van der Waals surface area contributed by atoms with Crippen LogP contribution < -0.4 is 20.7 Å². The normalized spacial score (nSPS) is 14.6. The molecule has 1 aliphatic rings. The van der Waals surface area contributed by atoms with Crippen molar-refractivity contribution in [2.24, 2.45) is 5.92 Å². The minimum Gasteiger partial charge on any atom is -0.497 e. The molecule has 0 radical (unpaired) electrons. The molecule has 32 heavy (non-hydrogen) atoms. The summed E-state index contributed by atoms with van der Waals surface area (Å²) in [7, 11) is 1.45. The number of benzene rings is 2. The molecule has 2 aromatic carbocycles. The highest BCUT2D eigenvalue weighted by molar-refractivity contribution is 6.10. The fourth-order valence-corrected chi connectivity index (χ4v) is 3.67. The molecule has 9 heteroatoms. The first-order chi connectivity index (χ1) is 15.3. The molecule has 1 saturated heterocycles. The number of amides is 1. The van der Waals surface area contributed by atoms with E-state index in [1.165, 1.54) is 43.5 Å². The maximum absolute atomic E-state index is 13.9. The summed E-state index contributed by atoms with van der Waals surface area (Å²) in [6.07, 6.45) is -2.89. The monoisotopic (exact) mass is 449 g/mol. The molecule has 0 spiro atoms. The number of carbonyl (C=O) groups excluding carboxylic acids is 2. The number of halogens is 3. The Morgan fingerprint density at radius 3 is 2.41 bits per heavy atom. The molecule has 2 aromatic rings. The molecular weight excluding hydrogens is 423 g/mol. The van der Waals surface area contributed by atoms with Crippen molar-refractivity contribution in [3.63, 3.8) is 0 Å². The highest BCUT2D eigenvalue weighted by Crippen LogP contribution is 2.38. The lowest BCUT2D eigenvalue weighted by Gasteiger charge is -2.23. The highest BCUT2D eigenvalue weighted by Gasteiger charge is 2.38. The van der Waals surface area contributed by atoms with E-state index in [-0.39, 0.29) is 17.8 Å². The Labute approximate surface area is 184 Å². The Balaban J connectivity index is 1.74. The third-order valence-electron chi connectivity index (χ3n) is 5.43. The molecule has 0 saturated carbocycles. The second-order valence-corrected chi connectivity index (χ2v) is 7.63. The van der Waals surface area contributed by atoms with Crippen molar-refractivity contribution in [1.82, 2.24) is 10.6 Å². The van der Waals surface area contributed by atoms with Gasteiger partial charge in [-0.25, -0.2) is 0 Å². The maximum Gasteiger partial charge on any atom is 0.419 e. The number of carbonyl (C=O) groups is 2. The first kappa shape index (κ1) is 23.6. The van der Waals surface area contributed by atoms with Gasteiger partial charge in [0.15, 0.2) is 5.78 Å². The van der Waals surface area contributed by atoms with Crippen LogP contribution in [0.15, 0.2) is 42.5 Å². The van der Waals surface area contributed by atoms with Gasteiger partial charge in [-0.2, -0.15) is 13.2 Å². The van der Waals surface area contributed by atoms with Crippen LogP contribution in [0.3, 0.4) is 0 Å². The Hall–Kier alpha value is -3.07. The van der Waals surface area contributed by atoms with E-state index >= 15 is 0 Å².